The number of hydrogen-bond acceptors (Lipinski definition) is 1. The molecule has 2 rings (SSSR count). The van der Waals surface area contributed by atoms with Crippen LogP contribution in [-0.4, -0.2) is 0 Å². The van der Waals surface area contributed by atoms with E-state index in [1.54, 1.807) is 31.2 Å². The van der Waals surface area contributed by atoms with E-state index in [1.807, 2.05) is 6.07 Å². The van der Waals surface area contributed by atoms with E-state index < -0.39 is 0 Å². The van der Waals surface area contributed by atoms with E-state index in [9.17, 15) is 4.39 Å². The topological polar surface area (TPSA) is 9.23 Å². The van der Waals surface area contributed by atoms with Crippen LogP contribution in [0.3, 0.4) is 0 Å². The first kappa shape index (κ1) is 13.2. The Hall–Kier alpha value is -1.25. The lowest BCUT2D eigenvalue weighted by Gasteiger charge is -2.08. The smallest absolute Gasteiger partial charge is 0.129 e. The molecule has 18 heavy (non-hydrogen) atoms. The molecule has 0 aromatic heterocycles. The monoisotopic (exact) mass is 284 g/mol. The zero-order valence-electron chi connectivity index (χ0n) is 9.71. The lowest BCUT2D eigenvalue weighted by atomic mass is 10.2. The number of hydrogen-bond donors (Lipinski definition) is 0. The van der Waals surface area contributed by atoms with Crippen molar-refractivity contribution >= 4 is 23.2 Å². The minimum Gasteiger partial charge on any atom is -0.489 e. The van der Waals surface area contributed by atoms with Gasteiger partial charge in [0.05, 0.1) is 10.0 Å². The summed E-state index contributed by atoms with van der Waals surface area (Å²) in [5.41, 5.74) is 1.47. The Bertz CT molecular complexity index is 518. The first-order valence-electron chi connectivity index (χ1n) is 5.39. The Labute approximate surface area is 115 Å². The Morgan fingerprint density at radius 3 is 2.50 bits per heavy atom. The lowest BCUT2D eigenvalue weighted by Crippen LogP contribution is -1.96. The first-order chi connectivity index (χ1) is 8.56. The largest absolute Gasteiger partial charge is 0.489 e. The van der Waals surface area contributed by atoms with Gasteiger partial charge in [0.15, 0.2) is 0 Å². The fourth-order valence-electron chi connectivity index (χ4n) is 1.46. The third-order valence-electron chi connectivity index (χ3n) is 2.53. The first-order valence-corrected chi connectivity index (χ1v) is 6.15. The van der Waals surface area contributed by atoms with Crippen LogP contribution in [0.5, 0.6) is 5.75 Å². The molecule has 0 fully saturated rings. The molecule has 0 saturated carbocycles. The van der Waals surface area contributed by atoms with Gasteiger partial charge in [0, 0.05) is 6.07 Å². The average Bonchev–Trinajstić information content (AvgIpc) is 2.35. The van der Waals surface area contributed by atoms with Crippen LogP contribution < -0.4 is 4.74 Å². The van der Waals surface area contributed by atoms with Crippen molar-refractivity contribution in [1.29, 1.82) is 0 Å². The molecule has 0 aliphatic rings. The van der Waals surface area contributed by atoms with Crippen molar-refractivity contribution in [3.63, 3.8) is 0 Å². The van der Waals surface area contributed by atoms with Crippen LogP contribution in [0.2, 0.25) is 10.0 Å². The summed E-state index contributed by atoms with van der Waals surface area (Å²) in [4.78, 5) is 0. The minimum absolute atomic E-state index is 0.276. The predicted molar refractivity (Wildman–Crippen MR) is 71.9 cm³/mol. The quantitative estimate of drug-likeness (QED) is 0.769. The van der Waals surface area contributed by atoms with Gasteiger partial charge >= 0.3 is 0 Å². The van der Waals surface area contributed by atoms with Crippen molar-refractivity contribution in [3.8, 4) is 5.75 Å². The maximum atomic E-state index is 13.3. The normalized spacial score (nSPS) is 10.4. The molecule has 0 N–H and O–H groups in total. The van der Waals surface area contributed by atoms with E-state index in [1.165, 1.54) is 6.07 Å². The van der Waals surface area contributed by atoms with Crippen LogP contribution in [0.4, 0.5) is 4.39 Å². The van der Waals surface area contributed by atoms with Gasteiger partial charge in [-0.1, -0.05) is 35.3 Å². The van der Waals surface area contributed by atoms with E-state index in [2.05, 4.69) is 0 Å². The molecule has 2 aromatic carbocycles. The summed E-state index contributed by atoms with van der Waals surface area (Å²) in [5, 5.41) is 0.981. The van der Waals surface area contributed by atoms with E-state index in [-0.39, 0.29) is 5.82 Å². The second-order valence-electron chi connectivity index (χ2n) is 3.95. The molecular formula is C14H11Cl2FO. The molecule has 0 radical (unpaired) electrons. The second kappa shape index (κ2) is 5.59. The Morgan fingerprint density at radius 1 is 1.06 bits per heavy atom. The number of aryl methyl sites for hydroxylation is 1. The van der Waals surface area contributed by atoms with Gasteiger partial charge in [-0.05, 0) is 36.2 Å². The average molecular weight is 285 g/mol. The fraction of sp³-hybridized carbons (Fsp3) is 0.143. The summed E-state index contributed by atoms with van der Waals surface area (Å²) >= 11 is 11.7. The molecule has 0 spiro atoms. The van der Waals surface area contributed by atoms with E-state index >= 15 is 0 Å². The van der Waals surface area contributed by atoms with E-state index in [4.69, 9.17) is 27.9 Å². The summed E-state index contributed by atoms with van der Waals surface area (Å²) in [6, 6.07) is 10.0. The van der Waals surface area contributed by atoms with Crippen molar-refractivity contribution in [2.24, 2.45) is 0 Å². The molecule has 2 aromatic rings. The third-order valence-corrected chi connectivity index (χ3v) is 3.27. The number of ether oxygens (including phenoxy) is 1. The number of halogens is 3. The van der Waals surface area contributed by atoms with Crippen LogP contribution in [0, 0.1) is 12.7 Å². The fourth-order valence-corrected chi connectivity index (χ4v) is 1.78. The van der Waals surface area contributed by atoms with Crippen LogP contribution in [-0.2, 0) is 6.61 Å². The maximum absolute atomic E-state index is 13.3. The van der Waals surface area contributed by atoms with Crippen molar-refractivity contribution in [1.82, 2.24) is 0 Å². The highest BCUT2D eigenvalue weighted by Crippen LogP contribution is 2.23. The second-order valence-corrected chi connectivity index (χ2v) is 4.76. The van der Waals surface area contributed by atoms with Crippen molar-refractivity contribution in [2.75, 3.05) is 0 Å². The Morgan fingerprint density at radius 2 is 1.83 bits per heavy atom. The zero-order valence-corrected chi connectivity index (χ0v) is 11.2. The maximum Gasteiger partial charge on any atom is 0.129 e. The SMILES string of the molecule is Cc1ccc(OCc2ccc(Cl)c(Cl)c2)cc1F. The van der Waals surface area contributed by atoms with Crippen LogP contribution in [0.25, 0.3) is 0 Å². The molecule has 0 saturated heterocycles. The molecule has 0 heterocycles. The van der Waals surface area contributed by atoms with Crippen LogP contribution >= 0.6 is 23.2 Å². The van der Waals surface area contributed by atoms with E-state index in [0.717, 1.165) is 5.56 Å². The van der Waals surface area contributed by atoms with Gasteiger partial charge in [-0.25, -0.2) is 4.39 Å². The summed E-state index contributed by atoms with van der Waals surface area (Å²) in [5.74, 6) is 0.214. The van der Waals surface area contributed by atoms with Crippen molar-refractivity contribution in [2.45, 2.75) is 13.5 Å². The number of rotatable bonds is 3. The molecule has 0 atom stereocenters. The zero-order chi connectivity index (χ0) is 13.1. The standard InChI is InChI=1S/C14H11Cl2FO/c1-9-2-4-11(7-14(9)17)18-8-10-3-5-12(15)13(16)6-10/h2-7H,8H2,1H3. The molecule has 0 bridgehead atoms. The molecule has 4 heteroatoms. The Kier molecular flexibility index (Phi) is 4.10. The molecule has 0 amide bonds. The molecule has 0 unspecified atom stereocenters. The molecule has 0 aliphatic heterocycles. The summed E-state index contributed by atoms with van der Waals surface area (Å²) in [6.07, 6.45) is 0. The molecular weight excluding hydrogens is 274 g/mol. The van der Waals surface area contributed by atoms with Crippen LogP contribution in [0.1, 0.15) is 11.1 Å². The molecule has 1 nitrogen and oxygen atoms in total. The van der Waals surface area contributed by atoms with Crippen molar-refractivity contribution in [3.05, 3.63) is 63.4 Å². The van der Waals surface area contributed by atoms with Gasteiger partial charge in [-0.2, -0.15) is 0 Å². The van der Waals surface area contributed by atoms with Gasteiger partial charge in [-0.3, -0.25) is 0 Å². The predicted octanol–water partition coefficient (Wildman–Crippen LogP) is 5.02. The van der Waals surface area contributed by atoms with Crippen LogP contribution in [0.15, 0.2) is 36.4 Å². The summed E-state index contributed by atoms with van der Waals surface area (Å²) in [6.45, 7) is 2.03. The van der Waals surface area contributed by atoms with Gasteiger partial charge in [0.25, 0.3) is 0 Å². The van der Waals surface area contributed by atoms with E-state index in [0.29, 0.717) is 28.0 Å². The van der Waals surface area contributed by atoms with Gasteiger partial charge in [0.2, 0.25) is 0 Å². The van der Waals surface area contributed by atoms with Gasteiger partial charge in [0.1, 0.15) is 18.2 Å². The number of benzene rings is 2. The van der Waals surface area contributed by atoms with Gasteiger partial charge < -0.3 is 4.74 Å². The highest BCUT2D eigenvalue weighted by atomic mass is 35.5. The highest BCUT2D eigenvalue weighted by Gasteiger charge is 2.03. The summed E-state index contributed by atoms with van der Waals surface area (Å²) < 4.78 is 18.8. The molecule has 94 valence electrons. The van der Waals surface area contributed by atoms with Crippen molar-refractivity contribution < 1.29 is 9.13 Å². The third kappa shape index (κ3) is 3.15. The lowest BCUT2D eigenvalue weighted by molar-refractivity contribution is 0.304. The minimum atomic E-state index is -0.276. The highest BCUT2D eigenvalue weighted by molar-refractivity contribution is 6.42. The molecule has 0 aliphatic carbocycles. The Balaban J connectivity index is 2.06. The summed E-state index contributed by atoms with van der Waals surface area (Å²) in [7, 11) is 0. The van der Waals surface area contributed by atoms with Gasteiger partial charge in [-0.15, -0.1) is 0 Å².